The molecular weight excluding hydrogens is 536 g/mol. The Kier molecular flexibility index (Phi) is 8.00. The number of morpholine rings is 1. The zero-order valence-electron chi connectivity index (χ0n) is 23.0. The first-order valence-electron chi connectivity index (χ1n) is 14.2. The van der Waals surface area contributed by atoms with E-state index in [-0.39, 0.29) is 35.7 Å². The lowest BCUT2D eigenvalue weighted by Crippen LogP contribution is -2.47. The highest BCUT2D eigenvalue weighted by Crippen LogP contribution is 2.31. The van der Waals surface area contributed by atoms with Crippen LogP contribution in [-0.2, 0) is 9.53 Å². The zero-order valence-corrected chi connectivity index (χ0v) is 23.0. The third-order valence-electron chi connectivity index (χ3n) is 8.12. The van der Waals surface area contributed by atoms with Gasteiger partial charge in [0.2, 0.25) is 17.7 Å². The normalized spacial score (nSPS) is 25.6. The van der Waals surface area contributed by atoms with Gasteiger partial charge in [-0.05, 0) is 51.3 Å². The average molecular weight is 572 g/mol. The lowest BCUT2D eigenvalue weighted by Gasteiger charge is -2.31. The number of hydrogen-bond donors (Lipinski definition) is 2. The second-order valence-electron chi connectivity index (χ2n) is 11.0. The van der Waals surface area contributed by atoms with Crippen molar-refractivity contribution in [1.82, 2.24) is 29.7 Å². The first-order chi connectivity index (χ1) is 19.9. The monoisotopic (exact) mass is 571 g/mol. The number of alkyl halides is 2. The van der Waals surface area contributed by atoms with E-state index in [1.807, 2.05) is 16.8 Å². The number of carbonyl (C=O) groups excluding carboxylic acids is 1. The summed E-state index contributed by atoms with van der Waals surface area (Å²) in [5.41, 5.74) is 0.979. The van der Waals surface area contributed by atoms with Crippen molar-refractivity contribution >= 4 is 22.9 Å². The number of hydrogen-bond acceptors (Lipinski definition) is 9. The number of β-amino-alcohol motifs (C(OH)–C–C–N with tert-alkyl or cyclic N) is 1. The first kappa shape index (κ1) is 27.7. The van der Waals surface area contributed by atoms with Crippen molar-refractivity contribution in [3.05, 3.63) is 36.2 Å². The first-order valence-corrected chi connectivity index (χ1v) is 14.2. The molecule has 2 saturated heterocycles. The Balaban J connectivity index is 1.21. The molecule has 4 heterocycles. The van der Waals surface area contributed by atoms with E-state index in [9.17, 15) is 18.7 Å². The lowest BCUT2D eigenvalue weighted by molar-refractivity contribution is -0.126. The van der Waals surface area contributed by atoms with E-state index in [1.165, 1.54) is 4.57 Å². The van der Waals surface area contributed by atoms with Crippen molar-refractivity contribution in [2.45, 2.75) is 62.8 Å². The molecule has 13 heteroatoms. The number of aliphatic hydroxyl groups excluding tert-OH is 1. The Morgan fingerprint density at radius 2 is 1.88 bits per heavy atom. The summed E-state index contributed by atoms with van der Waals surface area (Å²) in [5, 5.41) is 13.0. The van der Waals surface area contributed by atoms with Gasteiger partial charge in [0.25, 0.3) is 6.43 Å². The summed E-state index contributed by atoms with van der Waals surface area (Å²) >= 11 is 0. The van der Waals surface area contributed by atoms with Gasteiger partial charge >= 0.3 is 0 Å². The Morgan fingerprint density at radius 1 is 1.12 bits per heavy atom. The number of aliphatic hydroxyl groups is 1. The number of nitrogens with zero attached hydrogens (tertiary/aromatic N) is 6. The van der Waals surface area contributed by atoms with Crippen molar-refractivity contribution in [1.29, 1.82) is 0 Å². The second-order valence-corrected chi connectivity index (χ2v) is 11.0. The van der Waals surface area contributed by atoms with Crippen molar-refractivity contribution in [3.63, 3.8) is 0 Å². The molecule has 3 aromatic rings. The summed E-state index contributed by atoms with van der Waals surface area (Å²) in [5.74, 6) is 0.530. The van der Waals surface area contributed by atoms with Crippen molar-refractivity contribution in [2.75, 3.05) is 44.8 Å². The van der Waals surface area contributed by atoms with E-state index in [1.54, 1.807) is 30.3 Å². The van der Waals surface area contributed by atoms with Gasteiger partial charge in [-0.15, -0.1) is 0 Å². The van der Waals surface area contributed by atoms with E-state index >= 15 is 0 Å². The molecule has 41 heavy (non-hydrogen) atoms. The van der Waals surface area contributed by atoms with Crippen LogP contribution in [0, 0.1) is 0 Å². The molecule has 1 aliphatic carbocycles. The van der Waals surface area contributed by atoms with Gasteiger partial charge in [-0.1, -0.05) is 12.1 Å². The number of halogens is 2. The zero-order chi connectivity index (χ0) is 28.5. The third-order valence-corrected chi connectivity index (χ3v) is 8.12. The third kappa shape index (κ3) is 5.97. The maximum Gasteiger partial charge on any atom is 0.296 e. The molecule has 3 fully saturated rings. The van der Waals surface area contributed by atoms with E-state index in [0.717, 1.165) is 12.8 Å². The quantitative estimate of drug-likeness (QED) is 0.441. The molecule has 11 nitrogen and oxygen atoms in total. The van der Waals surface area contributed by atoms with Gasteiger partial charge in [0.05, 0.1) is 36.4 Å². The molecule has 2 atom stereocenters. The highest BCUT2D eigenvalue weighted by Gasteiger charge is 2.35. The summed E-state index contributed by atoms with van der Waals surface area (Å²) in [6, 6.07) is 8.30. The predicted molar refractivity (Wildman–Crippen MR) is 147 cm³/mol. The molecule has 1 aromatic carbocycles. The minimum Gasteiger partial charge on any atom is -0.474 e. The van der Waals surface area contributed by atoms with Crippen molar-refractivity contribution in [2.24, 2.45) is 0 Å². The van der Waals surface area contributed by atoms with Crippen LogP contribution in [0.5, 0.6) is 5.88 Å². The molecule has 2 aromatic heterocycles. The fourth-order valence-corrected chi connectivity index (χ4v) is 5.98. The molecular formula is C28H35F2N7O4. The van der Waals surface area contributed by atoms with Gasteiger partial charge in [0.15, 0.2) is 5.82 Å². The second kappa shape index (κ2) is 11.8. The number of imidazole rings is 1. The number of nitrogens with one attached hydrogen (secondary N) is 1. The Morgan fingerprint density at radius 3 is 2.59 bits per heavy atom. The molecule has 6 rings (SSSR count). The predicted octanol–water partition coefficient (Wildman–Crippen LogP) is 2.46. The number of aromatic nitrogens is 4. The summed E-state index contributed by atoms with van der Waals surface area (Å²) in [6.45, 7) is 2.69. The number of para-hydroxylation sites is 2. The van der Waals surface area contributed by atoms with Crippen LogP contribution in [0.4, 0.5) is 14.7 Å². The molecule has 220 valence electrons. The number of fused-ring (bicyclic) bond motifs is 1. The molecule has 0 unspecified atom stereocenters. The smallest absolute Gasteiger partial charge is 0.296 e. The van der Waals surface area contributed by atoms with Crippen LogP contribution < -0.4 is 15.0 Å². The van der Waals surface area contributed by atoms with E-state index in [0.29, 0.717) is 75.0 Å². The van der Waals surface area contributed by atoms with Crippen molar-refractivity contribution in [3.8, 4) is 11.7 Å². The molecule has 1 saturated carbocycles. The highest BCUT2D eigenvalue weighted by molar-refractivity contribution is 5.82. The van der Waals surface area contributed by atoms with Gasteiger partial charge < -0.3 is 24.8 Å². The fourth-order valence-electron chi connectivity index (χ4n) is 5.98. The molecule has 0 bridgehead atoms. The average Bonchev–Trinajstić information content (AvgIpc) is 3.54. The standard InChI is InChI=1S/C28H35F2N7O4/c1-35-16-18(38)14-22(35)27(39)31-17-6-8-19(9-7-17)41-24-15-23(33-28(34-24)36-10-12-40-13-11-36)37-21-5-3-2-4-20(21)32-26(37)25(29)30/h2-5,15,17-19,22,25,38H,6-14,16H2,1H3,(H,31,39)/t17-,18-,19-,22+/m1/s1. The summed E-state index contributed by atoms with van der Waals surface area (Å²) in [4.78, 5) is 30.1. The largest absolute Gasteiger partial charge is 0.474 e. The van der Waals surface area contributed by atoms with E-state index < -0.39 is 12.5 Å². The van der Waals surface area contributed by atoms with Gasteiger partial charge in [-0.25, -0.2) is 13.8 Å². The number of likely N-dealkylation sites (N-methyl/N-ethyl adjacent to an activating group) is 1. The number of amides is 1. The Bertz CT molecular complexity index is 1370. The van der Waals surface area contributed by atoms with Crippen LogP contribution >= 0.6 is 0 Å². The summed E-state index contributed by atoms with van der Waals surface area (Å²) in [7, 11) is 1.85. The minimum absolute atomic E-state index is 0.0317. The van der Waals surface area contributed by atoms with Crippen molar-refractivity contribution < 1.29 is 28.2 Å². The number of anilines is 1. The SMILES string of the molecule is CN1C[C@H](O)C[C@H]1C(=O)N[C@H]1CC[C@H](Oc2cc(-n3c(C(F)F)nc4ccccc43)nc(N3CCOCC3)n2)CC1. The van der Waals surface area contributed by atoms with Crippen LogP contribution in [0.3, 0.4) is 0 Å². The van der Waals surface area contributed by atoms with Gasteiger partial charge in [-0.3, -0.25) is 14.3 Å². The minimum atomic E-state index is -2.80. The molecule has 2 aliphatic heterocycles. The maximum atomic E-state index is 14.1. The van der Waals surface area contributed by atoms with Crippen LogP contribution in [0.15, 0.2) is 30.3 Å². The Labute approximate surface area is 236 Å². The number of ether oxygens (including phenoxy) is 2. The van der Waals surface area contributed by atoms with Crippen LogP contribution in [0.2, 0.25) is 0 Å². The lowest BCUT2D eigenvalue weighted by atomic mass is 9.92. The summed E-state index contributed by atoms with van der Waals surface area (Å²) in [6.07, 6.45) is -0.0806. The van der Waals surface area contributed by atoms with Crippen LogP contribution in [0.25, 0.3) is 16.9 Å². The molecule has 0 spiro atoms. The number of rotatable bonds is 7. The number of likely N-dealkylation sites (tertiary alicyclic amines) is 1. The fraction of sp³-hybridized carbons (Fsp3) is 0.571. The number of carbonyl (C=O) groups is 1. The topological polar surface area (TPSA) is 118 Å². The van der Waals surface area contributed by atoms with Crippen LogP contribution in [0.1, 0.15) is 44.4 Å². The maximum absolute atomic E-state index is 14.1. The summed E-state index contributed by atoms with van der Waals surface area (Å²) < 4.78 is 41.4. The van der Waals surface area contributed by atoms with Gasteiger partial charge in [0, 0.05) is 31.7 Å². The molecule has 0 radical (unpaired) electrons. The van der Waals surface area contributed by atoms with Crippen LogP contribution in [-0.4, -0.2) is 99.6 Å². The Hall–Kier alpha value is -3.42. The van der Waals surface area contributed by atoms with E-state index in [4.69, 9.17) is 9.47 Å². The number of benzene rings is 1. The molecule has 3 aliphatic rings. The molecule has 2 N–H and O–H groups in total. The highest BCUT2D eigenvalue weighted by atomic mass is 19.3. The van der Waals surface area contributed by atoms with Gasteiger partial charge in [-0.2, -0.15) is 9.97 Å². The molecule has 1 amide bonds. The van der Waals surface area contributed by atoms with E-state index in [2.05, 4.69) is 20.3 Å². The van der Waals surface area contributed by atoms with Gasteiger partial charge in [0.1, 0.15) is 11.9 Å².